The van der Waals surface area contributed by atoms with Crippen molar-refractivity contribution in [1.82, 2.24) is 5.32 Å². The summed E-state index contributed by atoms with van der Waals surface area (Å²) < 4.78 is 88.6. The summed E-state index contributed by atoms with van der Waals surface area (Å²) in [6.45, 7) is 0.176. The molecule has 0 atom stereocenters. The predicted molar refractivity (Wildman–Crippen MR) is 73.6 cm³/mol. The van der Waals surface area contributed by atoms with E-state index in [0.29, 0.717) is 5.75 Å². The van der Waals surface area contributed by atoms with Gasteiger partial charge in [0.2, 0.25) is 0 Å². The lowest BCUT2D eigenvalue weighted by atomic mass is 10.1. The fraction of sp³-hybridized carbons (Fsp3) is 0.500. The molecule has 5 nitrogen and oxygen atoms in total. The van der Waals surface area contributed by atoms with Crippen molar-refractivity contribution in [3.05, 3.63) is 29.8 Å². The van der Waals surface area contributed by atoms with Crippen LogP contribution in [0, 0.1) is 0 Å². The number of methoxy groups -OCH3 is 1. The molecule has 0 unspecified atom stereocenters. The van der Waals surface area contributed by atoms with E-state index in [4.69, 9.17) is 4.74 Å². The highest BCUT2D eigenvalue weighted by molar-refractivity contribution is 5.68. The minimum atomic E-state index is -5.81. The lowest BCUT2D eigenvalue weighted by Gasteiger charge is -2.34. The number of carbonyl (C=O) groups is 1. The number of hydrogen-bond acceptors (Lipinski definition) is 3. The molecule has 0 aromatic heterocycles. The number of alkyl carbamates (subject to hydrolysis) is 1. The van der Waals surface area contributed by atoms with Gasteiger partial charge >= 0.3 is 24.1 Å². The summed E-state index contributed by atoms with van der Waals surface area (Å²) in [5, 5.41) is 0.877. The molecule has 1 amide bonds. The normalized spacial score (nSPS) is 12.6. The first-order chi connectivity index (χ1) is 11.5. The molecule has 0 heterocycles. The Hall–Kier alpha value is -2.17. The van der Waals surface area contributed by atoms with Crippen LogP contribution in [-0.2, 0) is 11.3 Å². The number of ether oxygens (including phenoxy) is 2. The van der Waals surface area contributed by atoms with E-state index in [-0.39, 0.29) is 17.5 Å². The number of quaternary nitrogens is 1. The highest BCUT2D eigenvalue weighted by Gasteiger charge is 2.76. The first kappa shape index (κ1) is 20.9. The number of halogens is 6. The second kappa shape index (κ2) is 7.81. The molecule has 0 radical (unpaired) electrons. The van der Waals surface area contributed by atoms with E-state index < -0.39 is 30.7 Å². The van der Waals surface area contributed by atoms with Crippen molar-refractivity contribution in [3.8, 4) is 5.75 Å². The van der Waals surface area contributed by atoms with Gasteiger partial charge in [0.25, 0.3) is 0 Å². The standard InChI is InChI=1S/C14H16F6N2O3/c1-3-25-11(23)22-12(13(15,16)17,14(18,19)20)21-8-9-4-6-10(24-2)7-5-9/h4-7,21H,3,8H2,1-2H3,(H,22,23)/p+1. The van der Waals surface area contributed by atoms with Crippen LogP contribution >= 0.6 is 0 Å². The Morgan fingerprint density at radius 3 is 2.00 bits per heavy atom. The van der Waals surface area contributed by atoms with E-state index in [0.717, 1.165) is 5.32 Å². The number of nitrogens with two attached hydrogens (primary N) is 1. The molecule has 0 aliphatic heterocycles. The highest BCUT2D eigenvalue weighted by atomic mass is 19.4. The molecule has 1 rings (SSSR count). The quantitative estimate of drug-likeness (QED) is 0.593. The molecule has 0 bridgehead atoms. The molecule has 142 valence electrons. The van der Waals surface area contributed by atoms with Crippen LogP contribution in [0.2, 0.25) is 0 Å². The average molecular weight is 375 g/mol. The molecule has 0 saturated heterocycles. The van der Waals surface area contributed by atoms with Crippen LogP contribution in [0.1, 0.15) is 12.5 Å². The average Bonchev–Trinajstić information content (AvgIpc) is 2.49. The lowest BCUT2D eigenvalue weighted by molar-refractivity contribution is -0.796. The van der Waals surface area contributed by atoms with Crippen LogP contribution in [0.4, 0.5) is 31.1 Å². The minimum Gasteiger partial charge on any atom is -0.497 e. The largest absolute Gasteiger partial charge is 0.497 e. The molecule has 1 aromatic carbocycles. The molecule has 0 aliphatic rings. The van der Waals surface area contributed by atoms with Gasteiger partial charge in [-0.25, -0.2) is 4.79 Å². The maximum atomic E-state index is 13.3. The van der Waals surface area contributed by atoms with Crippen LogP contribution in [0.5, 0.6) is 5.75 Å². The van der Waals surface area contributed by atoms with E-state index in [1.165, 1.54) is 38.3 Å². The Morgan fingerprint density at radius 2 is 1.60 bits per heavy atom. The summed E-state index contributed by atoms with van der Waals surface area (Å²) in [5.41, 5.74) is -4.36. The van der Waals surface area contributed by atoms with Gasteiger partial charge < -0.3 is 14.8 Å². The van der Waals surface area contributed by atoms with Crippen molar-refractivity contribution >= 4 is 6.09 Å². The Labute approximate surface area is 139 Å². The van der Waals surface area contributed by atoms with Crippen molar-refractivity contribution in [2.24, 2.45) is 0 Å². The molecule has 0 aliphatic carbocycles. The van der Waals surface area contributed by atoms with Crippen molar-refractivity contribution in [1.29, 1.82) is 0 Å². The second-order valence-corrected chi connectivity index (χ2v) is 4.91. The van der Waals surface area contributed by atoms with Crippen molar-refractivity contribution in [2.75, 3.05) is 13.7 Å². The Morgan fingerprint density at radius 1 is 1.08 bits per heavy atom. The molecular formula is C14H17F6N2O3+. The van der Waals surface area contributed by atoms with Gasteiger partial charge in [-0.2, -0.15) is 26.3 Å². The number of nitrogens with one attached hydrogen (secondary N) is 1. The Balaban J connectivity index is 3.13. The maximum absolute atomic E-state index is 13.3. The summed E-state index contributed by atoms with van der Waals surface area (Å²) in [7, 11) is 1.36. The van der Waals surface area contributed by atoms with Crippen LogP contribution in [0.25, 0.3) is 0 Å². The lowest BCUT2D eigenvalue weighted by Crippen LogP contribution is -3.07. The third-order valence-electron chi connectivity index (χ3n) is 3.27. The van der Waals surface area contributed by atoms with Crippen molar-refractivity contribution < 1.29 is 45.9 Å². The third kappa shape index (κ3) is 4.91. The number of amides is 1. The summed E-state index contributed by atoms with van der Waals surface area (Å²) >= 11 is 0. The van der Waals surface area contributed by atoms with E-state index in [2.05, 4.69) is 4.74 Å². The maximum Gasteiger partial charge on any atom is 0.476 e. The first-order valence-electron chi connectivity index (χ1n) is 7.02. The zero-order chi connectivity index (χ0) is 19.3. The zero-order valence-corrected chi connectivity index (χ0v) is 13.3. The van der Waals surface area contributed by atoms with E-state index in [1.54, 1.807) is 0 Å². The fourth-order valence-corrected chi connectivity index (χ4v) is 1.95. The zero-order valence-electron chi connectivity index (χ0n) is 13.3. The van der Waals surface area contributed by atoms with E-state index in [1.807, 2.05) is 0 Å². The minimum absolute atomic E-state index is 0.0360. The van der Waals surface area contributed by atoms with Gasteiger partial charge in [-0.15, -0.1) is 0 Å². The number of benzene rings is 1. The van der Waals surface area contributed by atoms with Gasteiger partial charge in [0.15, 0.2) is 0 Å². The monoisotopic (exact) mass is 375 g/mol. The van der Waals surface area contributed by atoms with Gasteiger partial charge in [0.05, 0.1) is 13.7 Å². The molecule has 0 spiro atoms. The summed E-state index contributed by atoms with van der Waals surface area (Å²) in [4.78, 5) is 11.3. The van der Waals surface area contributed by atoms with Gasteiger partial charge in [-0.05, 0) is 31.2 Å². The summed E-state index contributed by atoms with van der Waals surface area (Å²) in [6, 6.07) is 5.42. The van der Waals surface area contributed by atoms with Crippen LogP contribution in [-0.4, -0.2) is 37.8 Å². The number of hydrogen-bond donors (Lipinski definition) is 2. The third-order valence-corrected chi connectivity index (χ3v) is 3.27. The first-order valence-corrected chi connectivity index (χ1v) is 7.02. The highest BCUT2D eigenvalue weighted by Crippen LogP contribution is 2.38. The topological polar surface area (TPSA) is 64.2 Å². The Kier molecular flexibility index (Phi) is 6.52. The Bertz CT molecular complexity index is 557. The van der Waals surface area contributed by atoms with E-state index in [9.17, 15) is 31.1 Å². The number of carbonyl (C=O) groups excluding carboxylic acids is 1. The smallest absolute Gasteiger partial charge is 0.476 e. The van der Waals surface area contributed by atoms with Gasteiger partial charge in [-0.3, -0.25) is 5.32 Å². The molecule has 25 heavy (non-hydrogen) atoms. The fourth-order valence-electron chi connectivity index (χ4n) is 1.95. The van der Waals surface area contributed by atoms with Crippen molar-refractivity contribution in [3.63, 3.8) is 0 Å². The van der Waals surface area contributed by atoms with Crippen LogP contribution in [0.15, 0.2) is 24.3 Å². The SMILES string of the molecule is CCOC(=O)NC([NH2+]Cc1ccc(OC)cc1)(C(F)(F)F)C(F)(F)F. The number of rotatable bonds is 6. The van der Waals surface area contributed by atoms with Crippen molar-refractivity contribution in [2.45, 2.75) is 31.5 Å². The van der Waals surface area contributed by atoms with Gasteiger partial charge in [0.1, 0.15) is 12.3 Å². The number of alkyl halides is 6. The van der Waals surface area contributed by atoms with Crippen LogP contribution in [0.3, 0.4) is 0 Å². The van der Waals surface area contributed by atoms with Crippen LogP contribution < -0.4 is 15.4 Å². The summed E-state index contributed by atoms with van der Waals surface area (Å²) in [5.74, 6) is 0.395. The van der Waals surface area contributed by atoms with E-state index >= 15 is 0 Å². The molecular weight excluding hydrogens is 358 g/mol. The predicted octanol–water partition coefficient (Wildman–Crippen LogP) is 2.33. The van der Waals surface area contributed by atoms with Gasteiger partial charge in [0, 0.05) is 5.56 Å². The second-order valence-electron chi connectivity index (χ2n) is 4.91. The molecule has 3 N–H and O–H groups in total. The van der Waals surface area contributed by atoms with Gasteiger partial charge in [-0.1, -0.05) is 0 Å². The molecule has 11 heteroatoms. The molecule has 1 aromatic rings. The molecule has 0 saturated carbocycles. The molecule has 0 fully saturated rings. The summed E-state index contributed by atoms with van der Waals surface area (Å²) in [6.07, 6.45) is -13.4.